The largest absolute Gasteiger partial charge is 0.480 e. The molecule has 1 heterocycles. The smallest absolute Gasteiger partial charge is 0.326 e. The second-order valence-corrected chi connectivity index (χ2v) is 5.75. The molecule has 1 rings (SSSR count). The van der Waals surface area contributed by atoms with Crippen molar-refractivity contribution in [2.45, 2.75) is 43.8 Å². The standard InChI is InChI=1S/C13H22N4O5S/c14-7(6-23)11(19)16-8(3-4-10(15)18)12(20)17-5-1-2-9(17)13(21)22/h7-9,23H,1-6,14H2,(H2,15,18)(H,16,19)(H,21,22). The Morgan fingerprint density at radius 1 is 1.35 bits per heavy atom. The summed E-state index contributed by atoms with van der Waals surface area (Å²) in [6.07, 6.45) is 0.795. The van der Waals surface area contributed by atoms with Crippen LogP contribution in [0.3, 0.4) is 0 Å². The number of likely N-dealkylation sites (tertiary alicyclic amines) is 1. The van der Waals surface area contributed by atoms with Crippen molar-refractivity contribution in [3.05, 3.63) is 0 Å². The lowest BCUT2D eigenvalue weighted by Crippen LogP contribution is -2.55. The maximum Gasteiger partial charge on any atom is 0.326 e. The molecule has 3 amide bonds. The van der Waals surface area contributed by atoms with Gasteiger partial charge < -0.3 is 26.8 Å². The van der Waals surface area contributed by atoms with Crippen LogP contribution in [0.2, 0.25) is 0 Å². The van der Waals surface area contributed by atoms with E-state index in [0.29, 0.717) is 12.8 Å². The van der Waals surface area contributed by atoms with Crippen LogP contribution < -0.4 is 16.8 Å². The summed E-state index contributed by atoms with van der Waals surface area (Å²) in [6, 6.07) is -2.87. The number of hydrogen-bond donors (Lipinski definition) is 5. The van der Waals surface area contributed by atoms with Gasteiger partial charge in [-0.05, 0) is 19.3 Å². The minimum Gasteiger partial charge on any atom is -0.480 e. The first-order valence-electron chi connectivity index (χ1n) is 7.26. The minimum atomic E-state index is -1.09. The van der Waals surface area contributed by atoms with E-state index in [0.717, 1.165) is 0 Å². The second kappa shape index (κ2) is 8.73. The van der Waals surface area contributed by atoms with Crippen LogP contribution in [0.1, 0.15) is 25.7 Å². The molecular weight excluding hydrogens is 324 g/mol. The second-order valence-electron chi connectivity index (χ2n) is 5.38. The highest BCUT2D eigenvalue weighted by molar-refractivity contribution is 7.80. The van der Waals surface area contributed by atoms with Crippen LogP contribution in [0.5, 0.6) is 0 Å². The lowest BCUT2D eigenvalue weighted by molar-refractivity contribution is -0.149. The molecule has 23 heavy (non-hydrogen) atoms. The number of carboxylic acids is 1. The van der Waals surface area contributed by atoms with Gasteiger partial charge in [-0.3, -0.25) is 14.4 Å². The molecule has 0 aliphatic carbocycles. The summed E-state index contributed by atoms with van der Waals surface area (Å²) in [5.41, 5.74) is 10.6. The van der Waals surface area contributed by atoms with Gasteiger partial charge >= 0.3 is 5.97 Å². The minimum absolute atomic E-state index is 0.0119. The Morgan fingerprint density at radius 3 is 2.52 bits per heavy atom. The third kappa shape index (κ3) is 5.39. The van der Waals surface area contributed by atoms with Crippen molar-refractivity contribution in [3.8, 4) is 0 Å². The van der Waals surface area contributed by atoms with E-state index in [2.05, 4.69) is 17.9 Å². The van der Waals surface area contributed by atoms with Gasteiger partial charge in [-0.15, -0.1) is 0 Å². The zero-order valence-electron chi connectivity index (χ0n) is 12.6. The first-order chi connectivity index (χ1) is 10.8. The van der Waals surface area contributed by atoms with Crippen molar-refractivity contribution in [1.82, 2.24) is 10.2 Å². The molecular formula is C13H22N4O5S. The summed E-state index contributed by atoms with van der Waals surface area (Å²) >= 11 is 3.91. The molecule has 9 nitrogen and oxygen atoms in total. The van der Waals surface area contributed by atoms with E-state index >= 15 is 0 Å². The maximum absolute atomic E-state index is 12.6. The highest BCUT2D eigenvalue weighted by Crippen LogP contribution is 2.19. The quantitative estimate of drug-likeness (QED) is 0.322. The van der Waals surface area contributed by atoms with Crippen molar-refractivity contribution < 1.29 is 24.3 Å². The van der Waals surface area contributed by atoms with Crippen LogP contribution in [-0.4, -0.2) is 64.1 Å². The molecule has 10 heteroatoms. The molecule has 6 N–H and O–H groups in total. The first-order valence-corrected chi connectivity index (χ1v) is 7.89. The molecule has 0 saturated carbocycles. The molecule has 0 bridgehead atoms. The fourth-order valence-corrected chi connectivity index (χ4v) is 2.56. The number of hydrogen-bond acceptors (Lipinski definition) is 6. The summed E-state index contributed by atoms with van der Waals surface area (Å²) in [7, 11) is 0. The van der Waals surface area contributed by atoms with Crippen molar-refractivity contribution in [3.63, 3.8) is 0 Å². The van der Waals surface area contributed by atoms with Gasteiger partial charge in [-0.1, -0.05) is 0 Å². The fourth-order valence-electron chi connectivity index (χ4n) is 2.39. The maximum atomic E-state index is 12.6. The van der Waals surface area contributed by atoms with Crippen LogP contribution in [0.4, 0.5) is 0 Å². The number of carbonyl (C=O) groups is 4. The first kappa shape index (κ1) is 19.2. The van der Waals surface area contributed by atoms with E-state index in [-0.39, 0.29) is 25.1 Å². The van der Waals surface area contributed by atoms with Gasteiger partial charge in [-0.25, -0.2) is 4.79 Å². The van der Waals surface area contributed by atoms with Crippen molar-refractivity contribution in [2.24, 2.45) is 11.5 Å². The summed E-state index contributed by atoms with van der Waals surface area (Å²) in [5.74, 6) is -2.76. The highest BCUT2D eigenvalue weighted by Gasteiger charge is 2.37. The van der Waals surface area contributed by atoms with Crippen LogP contribution in [-0.2, 0) is 19.2 Å². The Kier molecular flexibility index (Phi) is 7.30. The Balaban J connectivity index is 2.84. The topological polar surface area (TPSA) is 156 Å². The third-order valence-electron chi connectivity index (χ3n) is 3.65. The van der Waals surface area contributed by atoms with Gasteiger partial charge in [0.2, 0.25) is 17.7 Å². The van der Waals surface area contributed by atoms with Gasteiger partial charge in [0.05, 0.1) is 6.04 Å². The number of primary amides is 1. The molecule has 1 aliphatic rings. The predicted molar refractivity (Wildman–Crippen MR) is 84.6 cm³/mol. The molecule has 0 radical (unpaired) electrons. The Morgan fingerprint density at radius 2 is 2.00 bits per heavy atom. The van der Waals surface area contributed by atoms with E-state index in [9.17, 15) is 19.2 Å². The molecule has 3 atom stereocenters. The number of amides is 3. The van der Waals surface area contributed by atoms with Crippen molar-refractivity contribution in [1.29, 1.82) is 0 Å². The zero-order chi connectivity index (χ0) is 17.6. The monoisotopic (exact) mass is 346 g/mol. The molecule has 0 aromatic heterocycles. The summed E-state index contributed by atoms with van der Waals surface area (Å²) in [6.45, 7) is 0.289. The predicted octanol–water partition coefficient (Wildman–Crippen LogP) is -1.93. The highest BCUT2D eigenvalue weighted by atomic mass is 32.1. The summed E-state index contributed by atoms with van der Waals surface area (Å²) in [4.78, 5) is 47.8. The van der Waals surface area contributed by atoms with Crippen molar-refractivity contribution in [2.75, 3.05) is 12.3 Å². The van der Waals surface area contributed by atoms with E-state index in [4.69, 9.17) is 16.6 Å². The number of rotatable bonds is 8. The Bertz CT molecular complexity index is 487. The van der Waals surface area contributed by atoms with Crippen LogP contribution in [0, 0.1) is 0 Å². The fraction of sp³-hybridized carbons (Fsp3) is 0.692. The summed E-state index contributed by atoms with van der Waals surface area (Å²) in [5, 5.41) is 11.6. The van der Waals surface area contributed by atoms with Crippen molar-refractivity contribution >= 4 is 36.3 Å². The lowest BCUT2D eigenvalue weighted by atomic mass is 10.1. The van der Waals surface area contributed by atoms with Gasteiger partial charge in [0.15, 0.2) is 0 Å². The molecule has 1 aliphatic heterocycles. The molecule has 3 unspecified atom stereocenters. The summed E-state index contributed by atoms with van der Waals surface area (Å²) < 4.78 is 0. The number of carboxylic acid groups (broad SMARTS) is 1. The van der Waals surface area contributed by atoms with Gasteiger partial charge in [0.25, 0.3) is 0 Å². The molecule has 1 saturated heterocycles. The van der Waals surface area contributed by atoms with Crippen LogP contribution in [0.15, 0.2) is 0 Å². The van der Waals surface area contributed by atoms with E-state index in [1.807, 2.05) is 0 Å². The van der Waals surface area contributed by atoms with E-state index in [1.54, 1.807) is 0 Å². The van der Waals surface area contributed by atoms with E-state index < -0.39 is 41.8 Å². The van der Waals surface area contributed by atoms with E-state index in [1.165, 1.54) is 4.90 Å². The molecule has 1 fully saturated rings. The number of nitrogens with two attached hydrogens (primary N) is 2. The SMILES string of the molecule is NC(=O)CCC(NC(=O)C(N)CS)C(=O)N1CCCC1C(=O)O. The number of nitrogens with one attached hydrogen (secondary N) is 1. The number of aliphatic carboxylic acids is 1. The van der Waals surface area contributed by atoms with Crippen LogP contribution >= 0.6 is 12.6 Å². The molecule has 130 valence electrons. The van der Waals surface area contributed by atoms with Gasteiger partial charge in [0, 0.05) is 18.7 Å². The number of carbonyl (C=O) groups excluding carboxylic acids is 3. The lowest BCUT2D eigenvalue weighted by Gasteiger charge is -2.27. The number of thiol groups is 1. The Labute approximate surface area is 139 Å². The van der Waals surface area contributed by atoms with Gasteiger partial charge in [0.1, 0.15) is 12.1 Å². The number of nitrogens with zero attached hydrogens (tertiary/aromatic N) is 1. The zero-order valence-corrected chi connectivity index (χ0v) is 13.5. The van der Waals surface area contributed by atoms with Crippen LogP contribution in [0.25, 0.3) is 0 Å². The van der Waals surface area contributed by atoms with Gasteiger partial charge in [-0.2, -0.15) is 12.6 Å². The molecule has 0 aromatic rings. The Hall–Kier alpha value is -1.81. The molecule has 0 spiro atoms. The third-order valence-corrected chi connectivity index (χ3v) is 4.04. The average Bonchev–Trinajstić information content (AvgIpc) is 2.99. The normalized spacial score (nSPS) is 19.9. The average molecular weight is 346 g/mol. The molecule has 0 aromatic carbocycles.